The van der Waals surface area contributed by atoms with Crippen molar-refractivity contribution in [3.63, 3.8) is 0 Å². The van der Waals surface area contributed by atoms with Gasteiger partial charge in [-0.3, -0.25) is 4.98 Å². The number of amidine groups is 2. The Labute approximate surface area is 214 Å². The van der Waals surface area contributed by atoms with Crippen LogP contribution in [-0.2, 0) is 12.8 Å². The molecule has 0 amide bonds. The molecule has 6 rings (SSSR count). The van der Waals surface area contributed by atoms with Crippen molar-refractivity contribution in [3.05, 3.63) is 82.0 Å². The third-order valence-electron chi connectivity index (χ3n) is 7.30. The number of anilines is 1. The Bertz CT molecular complexity index is 1310. The van der Waals surface area contributed by atoms with Crippen LogP contribution in [0.4, 0.5) is 5.82 Å². The summed E-state index contributed by atoms with van der Waals surface area (Å²) in [5.41, 5.74) is 9.15. The van der Waals surface area contributed by atoms with Gasteiger partial charge in [0.2, 0.25) is 0 Å². The molecule has 2 N–H and O–H groups in total. The Morgan fingerprint density at radius 2 is 1.91 bits per heavy atom. The molecule has 178 valence electrons. The van der Waals surface area contributed by atoms with Crippen LogP contribution in [0.1, 0.15) is 24.0 Å². The van der Waals surface area contributed by atoms with Crippen LogP contribution >= 0.6 is 23.4 Å². The maximum Gasteiger partial charge on any atom is 0.147 e. The van der Waals surface area contributed by atoms with Crippen LogP contribution in [0.3, 0.4) is 0 Å². The number of likely N-dealkylation sites (tertiary alicyclic amines) is 1. The van der Waals surface area contributed by atoms with Crippen molar-refractivity contribution in [2.45, 2.75) is 30.6 Å². The van der Waals surface area contributed by atoms with E-state index in [1.165, 1.54) is 29.3 Å². The van der Waals surface area contributed by atoms with E-state index in [9.17, 15) is 0 Å². The first kappa shape index (κ1) is 22.4. The van der Waals surface area contributed by atoms with Crippen LogP contribution in [-0.4, -0.2) is 51.6 Å². The van der Waals surface area contributed by atoms with E-state index in [1.807, 2.05) is 48.6 Å². The summed E-state index contributed by atoms with van der Waals surface area (Å²) >= 11 is 7.89. The minimum absolute atomic E-state index is 0.327. The summed E-state index contributed by atoms with van der Waals surface area (Å²) in [5.74, 6) is 2.99. The molecule has 2 aromatic heterocycles. The number of likely N-dealkylation sites (N-methyl/N-ethyl adjacent to an activating group) is 1. The molecule has 0 atom stereocenters. The van der Waals surface area contributed by atoms with Crippen molar-refractivity contribution < 1.29 is 0 Å². The van der Waals surface area contributed by atoms with Crippen molar-refractivity contribution in [2.24, 2.45) is 15.4 Å². The first-order chi connectivity index (χ1) is 17.0. The number of fused-ring (bicyclic) bond motifs is 3. The topological polar surface area (TPSA) is 83.0 Å². The summed E-state index contributed by atoms with van der Waals surface area (Å²) in [4.78, 5) is 24.4. The zero-order chi connectivity index (χ0) is 24.0. The SMILES string of the molecule is CN1C2=CC=C(Sc3ccnc(N)c3Cl)/C1=N/C=C/C(N1CCC3(CC1)Cc1ccncc1C3)=N\2. The fourth-order valence-corrected chi connectivity index (χ4v) is 6.52. The van der Waals surface area contributed by atoms with Crippen molar-refractivity contribution >= 4 is 40.9 Å². The standard InChI is InChI=1S/C26H26ClN7S/c1-33-21-3-2-20(35-19-5-10-30-24(28)23(19)27)25(33)31-11-6-22(32-21)34-12-7-26(8-13-34)14-17-4-9-29-16-18(17)15-26/h2-6,9-11,16H,7-8,12-15H2,1H3,(H2,28,30)/b11-6+,22-6?,31-11?,31-25-,32-21?,32-22+. The van der Waals surface area contributed by atoms with Gasteiger partial charge >= 0.3 is 0 Å². The highest BCUT2D eigenvalue weighted by atomic mass is 35.5. The Hall–Kier alpha value is -3.10. The number of nitrogen functional groups attached to an aromatic ring is 1. The number of aliphatic imine (C=N–C) groups is 2. The molecular formula is C26H26ClN7S. The number of nitrogens with two attached hydrogens (primary N) is 1. The Morgan fingerprint density at radius 1 is 1.09 bits per heavy atom. The number of rotatable bonds is 2. The molecule has 3 aliphatic heterocycles. The van der Waals surface area contributed by atoms with Gasteiger partial charge < -0.3 is 15.5 Å². The predicted molar refractivity (Wildman–Crippen MR) is 142 cm³/mol. The first-order valence-electron chi connectivity index (χ1n) is 11.8. The summed E-state index contributed by atoms with van der Waals surface area (Å²) in [6, 6.07) is 4.05. The van der Waals surface area contributed by atoms with E-state index in [0.717, 1.165) is 59.6 Å². The summed E-state index contributed by atoms with van der Waals surface area (Å²) in [7, 11) is 2.00. The van der Waals surface area contributed by atoms with E-state index in [1.54, 1.807) is 6.20 Å². The Morgan fingerprint density at radius 3 is 2.74 bits per heavy atom. The van der Waals surface area contributed by atoms with Gasteiger partial charge in [-0.15, -0.1) is 0 Å². The maximum atomic E-state index is 6.37. The number of allylic oxidation sites excluding steroid dienone is 2. The molecule has 2 bridgehead atoms. The molecule has 5 heterocycles. The average molecular weight is 504 g/mol. The van der Waals surface area contributed by atoms with Crippen LogP contribution in [0.2, 0.25) is 5.02 Å². The monoisotopic (exact) mass is 503 g/mol. The highest BCUT2D eigenvalue weighted by Gasteiger charge is 2.40. The number of hydrogen-bond donors (Lipinski definition) is 1. The number of piperidine rings is 1. The zero-order valence-electron chi connectivity index (χ0n) is 19.5. The van der Waals surface area contributed by atoms with Crippen molar-refractivity contribution in [1.29, 1.82) is 0 Å². The second-order valence-corrected chi connectivity index (χ2v) is 10.9. The highest BCUT2D eigenvalue weighted by molar-refractivity contribution is 8.04. The van der Waals surface area contributed by atoms with E-state index in [4.69, 9.17) is 27.3 Å². The van der Waals surface area contributed by atoms with Crippen LogP contribution in [0, 0.1) is 5.41 Å². The molecule has 0 saturated carbocycles. The minimum atomic E-state index is 0.327. The van der Waals surface area contributed by atoms with E-state index in [0.29, 0.717) is 16.3 Å². The Kier molecular flexibility index (Phi) is 5.65. The fourth-order valence-electron chi connectivity index (χ4n) is 5.32. The first-order valence-corrected chi connectivity index (χ1v) is 12.9. The van der Waals surface area contributed by atoms with Gasteiger partial charge in [0, 0.05) is 49.8 Å². The quantitative estimate of drug-likeness (QED) is 0.640. The normalized spacial score (nSPS) is 24.4. The van der Waals surface area contributed by atoms with E-state index >= 15 is 0 Å². The molecule has 9 heteroatoms. The van der Waals surface area contributed by atoms with Crippen LogP contribution < -0.4 is 5.73 Å². The second kappa shape index (κ2) is 8.84. The molecule has 35 heavy (non-hydrogen) atoms. The van der Waals surface area contributed by atoms with E-state index < -0.39 is 0 Å². The third-order valence-corrected chi connectivity index (χ3v) is 8.91. The largest absolute Gasteiger partial charge is 0.382 e. The summed E-state index contributed by atoms with van der Waals surface area (Å²) in [5, 5.41) is 0.461. The van der Waals surface area contributed by atoms with Gasteiger partial charge in [0.05, 0.1) is 9.93 Å². The summed E-state index contributed by atoms with van der Waals surface area (Å²) in [6.45, 7) is 1.99. The number of halogens is 1. The molecule has 1 spiro atoms. The molecule has 0 unspecified atom stereocenters. The molecule has 0 aromatic carbocycles. The molecule has 1 fully saturated rings. The van der Waals surface area contributed by atoms with E-state index in [2.05, 4.69) is 27.1 Å². The van der Waals surface area contributed by atoms with Crippen molar-refractivity contribution in [2.75, 3.05) is 25.9 Å². The van der Waals surface area contributed by atoms with Gasteiger partial charge in [0.25, 0.3) is 0 Å². The van der Waals surface area contributed by atoms with Gasteiger partial charge in [-0.1, -0.05) is 23.4 Å². The van der Waals surface area contributed by atoms with Crippen LogP contribution in [0.25, 0.3) is 0 Å². The van der Waals surface area contributed by atoms with Crippen LogP contribution in [0.15, 0.2) is 80.8 Å². The lowest BCUT2D eigenvalue weighted by Crippen LogP contribution is -2.43. The Balaban J connectivity index is 1.20. The second-order valence-electron chi connectivity index (χ2n) is 9.45. The van der Waals surface area contributed by atoms with E-state index in [-0.39, 0.29) is 0 Å². The van der Waals surface area contributed by atoms with Crippen molar-refractivity contribution in [1.82, 2.24) is 19.8 Å². The molecular weight excluding hydrogens is 478 g/mol. The number of aromatic nitrogens is 2. The molecule has 0 radical (unpaired) electrons. The fraction of sp³-hybridized carbons (Fsp3) is 0.308. The number of pyridine rings is 2. The lowest BCUT2D eigenvalue weighted by Gasteiger charge is -2.40. The molecule has 1 aliphatic carbocycles. The predicted octanol–water partition coefficient (Wildman–Crippen LogP) is 4.68. The number of nitrogens with zero attached hydrogens (tertiary/aromatic N) is 6. The molecule has 1 saturated heterocycles. The molecule has 4 aliphatic rings. The zero-order valence-corrected chi connectivity index (χ0v) is 21.1. The van der Waals surface area contributed by atoms with Gasteiger partial charge in [0.15, 0.2) is 0 Å². The smallest absolute Gasteiger partial charge is 0.147 e. The van der Waals surface area contributed by atoms with Gasteiger partial charge in [-0.2, -0.15) is 0 Å². The lowest BCUT2D eigenvalue weighted by atomic mass is 9.76. The van der Waals surface area contributed by atoms with Gasteiger partial charge in [0.1, 0.15) is 23.3 Å². The van der Waals surface area contributed by atoms with Gasteiger partial charge in [-0.05, 0) is 72.6 Å². The average Bonchev–Trinajstić information content (AvgIpc) is 3.22. The van der Waals surface area contributed by atoms with Crippen molar-refractivity contribution in [3.8, 4) is 0 Å². The summed E-state index contributed by atoms with van der Waals surface area (Å²) in [6.07, 6.45) is 18.2. The number of thioether (sulfide) groups is 1. The summed E-state index contributed by atoms with van der Waals surface area (Å²) < 4.78 is 0. The third kappa shape index (κ3) is 4.15. The number of hydrogen-bond acceptors (Lipinski definition) is 8. The lowest BCUT2D eigenvalue weighted by molar-refractivity contribution is 0.158. The maximum absolute atomic E-state index is 6.37. The molecule has 2 aromatic rings. The van der Waals surface area contributed by atoms with Crippen LogP contribution in [0.5, 0.6) is 0 Å². The highest BCUT2D eigenvalue weighted by Crippen LogP contribution is 2.44. The van der Waals surface area contributed by atoms with Gasteiger partial charge in [-0.25, -0.2) is 15.0 Å². The molecule has 7 nitrogen and oxygen atoms in total. The minimum Gasteiger partial charge on any atom is -0.382 e.